The van der Waals surface area contributed by atoms with Crippen LogP contribution in [0.4, 0.5) is 4.39 Å². The van der Waals surface area contributed by atoms with Crippen molar-refractivity contribution in [1.82, 2.24) is 5.32 Å². The van der Waals surface area contributed by atoms with Crippen LogP contribution in [0.5, 0.6) is 0 Å². The normalized spacial score (nSPS) is 14.3. The van der Waals surface area contributed by atoms with E-state index in [2.05, 4.69) is 26.1 Å². The molecule has 0 saturated carbocycles. The van der Waals surface area contributed by atoms with E-state index >= 15 is 0 Å². The summed E-state index contributed by atoms with van der Waals surface area (Å²) in [4.78, 5) is 0. The molecule has 1 N–H and O–H groups in total. The Morgan fingerprint density at radius 1 is 1.25 bits per heavy atom. The van der Waals surface area contributed by atoms with Gasteiger partial charge in [-0.3, -0.25) is 0 Å². The van der Waals surface area contributed by atoms with Crippen molar-refractivity contribution in [3.63, 3.8) is 0 Å². The molecule has 0 aromatic heterocycles. The standard InChI is InChI=1S/C17H27ClFN/c1-5-8-9-13(6-2)17(20-7-3)14-10-12(4)16(19)11-15(14)18/h10-11,13,17,20H,5-9H2,1-4H3. The third-order valence-electron chi connectivity index (χ3n) is 3.96. The van der Waals surface area contributed by atoms with E-state index in [9.17, 15) is 4.39 Å². The fraction of sp³-hybridized carbons (Fsp3) is 0.647. The Balaban J connectivity index is 3.08. The van der Waals surface area contributed by atoms with Gasteiger partial charge in [-0.1, -0.05) is 57.7 Å². The van der Waals surface area contributed by atoms with Gasteiger partial charge in [0.1, 0.15) is 5.82 Å². The Morgan fingerprint density at radius 2 is 1.95 bits per heavy atom. The van der Waals surface area contributed by atoms with Crippen molar-refractivity contribution < 1.29 is 4.39 Å². The second-order valence-corrected chi connectivity index (χ2v) is 5.88. The van der Waals surface area contributed by atoms with E-state index in [1.165, 1.54) is 25.3 Å². The van der Waals surface area contributed by atoms with E-state index in [1.807, 2.05) is 6.07 Å². The number of hydrogen-bond donors (Lipinski definition) is 1. The Hall–Kier alpha value is -0.600. The van der Waals surface area contributed by atoms with Crippen LogP contribution < -0.4 is 5.32 Å². The minimum Gasteiger partial charge on any atom is -0.310 e. The lowest BCUT2D eigenvalue weighted by Crippen LogP contribution is -2.28. The van der Waals surface area contributed by atoms with E-state index in [-0.39, 0.29) is 11.9 Å². The van der Waals surface area contributed by atoms with Crippen LogP contribution in [0.1, 0.15) is 63.6 Å². The molecule has 2 unspecified atom stereocenters. The molecule has 0 bridgehead atoms. The molecule has 114 valence electrons. The average molecular weight is 300 g/mol. The lowest BCUT2D eigenvalue weighted by atomic mass is 9.86. The van der Waals surface area contributed by atoms with Crippen molar-refractivity contribution >= 4 is 11.6 Å². The maximum Gasteiger partial charge on any atom is 0.127 e. The van der Waals surface area contributed by atoms with E-state index in [0.29, 0.717) is 16.5 Å². The van der Waals surface area contributed by atoms with Gasteiger partial charge in [-0.25, -0.2) is 4.39 Å². The summed E-state index contributed by atoms with van der Waals surface area (Å²) in [5.41, 5.74) is 1.70. The predicted octanol–water partition coefficient (Wildman–Crippen LogP) is 5.65. The Labute approximate surface area is 127 Å². The molecule has 0 radical (unpaired) electrons. The van der Waals surface area contributed by atoms with Crippen molar-refractivity contribution in [2.24, 2.45) is 5.92 Å². The van der Waals surface area contributed by atoms with Crippen molar-refractivity contribution in [3.05, 3.63) is 34.1 Å². The SMILES string of the molecule is CCCCC(CC)C(NCC)c1cc(C)c(F)cc1Cl. The van der Waals surface area contributed by atoms with Gasteiger partial charge < -0.3 is 5.32 Å². The highest BCUT2D eigenvalue weighted by atomic mass is 35.5. The molecule has 0 aliphatic rings. The van der Waals surface area contributed by atoms with Gasteiger partial charge in [0.15, 0.2) is 0 Å². The first kappa shape index (κ1) is 17.5. The highest BCUT2D eigenvalue weighted by Gasteiger charge is 2.23. The monoisotopic (exact) mass is 299 g/mol. The topological polar surface area (TPSA) is 12.0 Å². The van der Waals surface area contributed by atoms with E-state index in [4.69, 9.17) is 11.6 Å². The molecule has 0 amide bonds. The summed E-state index contributed by atoms with van der Waals surface area (Å²) in [6.45, 7) is 9.22. The van der Waals surface area contributed by atoms with Crippen LogP contribution in [0, 0.1) is 18.7 Å². The van der Waals surface area contributed by atoms with Gasteiger partial charge in [0.05, 0.1) is 0 Å². The molecule has 1 aromatic carbocycles. The summed E-state index contributed by atoms with van der Waals surface area (Å²) in [7, 11) is 0. The van der Waals surface area contributed by atoms with Gasteiger partial charge in [0.25, 0.3) is 0 Å². The van der Waals surface area contributed by atoms with Crippen molar-refractivity contribution in [1.29, 1.82) is 0 Å². The van der Waals surface area contributed by atoms with E-state index < -0.39 is 0 Å². The van der Waals surface area contributed by atoms with Gasteiger partial charge in [0.2, 0.25) is 0 Å². The molecular formula is C17H27ClFN. The number of unbranched alkanes of at least 4 members (excludes halogenated alkanes) is 1. The first-order chi connectivity index (χ1) is 9.54. The second-order valence-electron chi connectivity index (χ2n) is 5.47. The van der Waals surface area contributed by atoms with Crippen molar-refractivity contribution in [2.45, 2.75) is 59.4 Å². The van der Waals surface area contributed by atoms with E-state index in [1.54, 1.807) is 6.92 Å². The molecule has 1 aromatic rings. The lowest BCUT2D eigenvalue weighted by Gasteiger charge is -2.28. The molecule has 0 spiro atoms. The molecule has 0 saturated heterocycles. The number of nitrogens with one attached hydrogen (secondary N) is 1. The second kappa shape index (κ2) is 8.63. The summed E-state index contributed by atoms with van der Waals surface area (Å²) >= 11 is 6.29. The summed E-state index contributed by atoms with van der Waals surface area (Å²) in [6, 6.07) is 3.56. The third-order valence-corrected chi connectivity index (χ3v) is 4.29. The smallest absolute Gasteiger partial charge is 0.127 e. The number of hydrogen-bond acceptors (Lipinski definition) is 1. The van der Waals surface area contributed by atoms with Gasteiger partial charge in [-0.05, 0) is 43.0 Å². The zero-order chi connectivity index (χ0) is 15.1. The fourth-order valence-electron chi connectivity index (χ4n) is 2.74. The first-order valence-electron chi connectivity index (χ1n) is 7.73. The summed E-state index contributed by atoms with van der Waals surface area (Å²) in [5.74, 6) is 0.313. The summed E-state index contributed by atoms with van der Waals surface area (Å²) in [6.07, 6.45) is 4.70. The quantitative estimate of drug-likeness (QED) is 0.653. The molecule has 2 atom stereocenters. The largest absolute Gasteiger partial charge is 0.310 e. The Morgan fingerprint density at radius 3 is 2.50 bits per heavy atom. The molecule has 20 heavy (non-hydrogen) atoms. The Kier molecular flexibility index (Phi) is 7.53. The molecule has 0 fully saturated rings. The highest BCUT2D eigenvalue weighted by Crippen LogP contribution is 2.34. The van der Waals surface area contributed by atoms with Crippen LogP contribution in [0.3, 0.4) is 0 Å². The number of halogens is 2. The van der Waals surface area contributed by atoms with Crippen LogP contribution in [-0.2, 0) is 0 Å². The van der Waals surface area contributed by atoms with Gasteiger partial charge in [-0.15, -0.1) is 0 Å². The maximum absolute atomic E-state index is 13.6. The summed E-state index contributed by atoms with van der Waals surface area (Å²) in [5, 5.41) is 4.08. The zero-order valence-corrected chi connectivity index (χ0v) is 13.9. The number of rotatable bonds is 8. The first-order valence-corrected chi connectivity index (χ1v) is 8.11. The molecule has 0 aliphatic heterocycles. The molecule has 0 heterocycles. The van der Waals surface area contributed by atoms with Crippen LogP contribution >= 0.6 is 11.6 Å². The molecular weight excluding hydrogens is 273 g/mol. The zero-order valence-electron chi connectivity index (χ0n) is 13.1. The minimum absolute atomic E-state index is 0.211. The van der Waals surface area contributed by atoms with Crippen LogP contribution in [-0.4, -0.2) is 6.54 Å². The van der Waals surface area contributed by atoms with Gasteiger partial charge in [0, 0.05) is 11.1 Å². The molecule has 1 nitrogen and oxygen atoms in total. The van der Waals surface area contributed by atoms with Crippen molar-refractivity contribution in [3.8, 4) is 0 Å². The number of aryl methyl sites for hydroxylation is 1. The average Bonchev–Trinajstić information content (AvgIpc) is 2.42. The number of benzene rings is 1. The summed E-state index contributed by atoms with van der Waals surface area (Å²) < 4.78 is 13.6. The third kappa shape index (κ3) is 4.46. The predicted molar refractivity (Wildman–Crippen MR) is 85.9 cm³/mol. The highest BCUT2D eigenvalue weighted by molar-refractivity contribution is 6.31. The lowest BCUT2D eigenvalue weighted by molar-refractivity contribution is 0.327. The van der Waals surface area contributed by atoms with Gasteiger partial charge in [-0.2, -0.15) is 0 Å². The van der Waals surface area contributed by atoms with Crippen molar-refractivity contribution in [2.75, 3.05) is 6.54 Å². The molecule has 3 heteroatoms. The van der Waals surface area contributed by atoms with Crippen LogP contribution in [0.15, 0.2) is 12.1 Å². The fourth-order valence-corrected chi connectivity index (χ4v) is 3.01. The van der Waals surface area contributed by atoms with Gasteiger partial charge >= 0.3 is 0 Å². The minimum atomic E-state index is -0.226. The Bertz CT molecular complexity index is 420. The van der Waals surface area contributed by atoms with E-state index in [0.717, 1.165) is 18.5 Å². The van der Waals surface area contributed by atoms with Crippen LogP contribution in [0.2, 0.25) is 5.02 Å². The maximum atomic E-state index is 13.6. The van der Waals surface area contributed by atoms with Crippen LogP contribution in [0.25, 0.3) is 0 Å². The molecule has 1 rings (SSSR count). The molecule has 0 aliphatic carbocycles.